The fraction of sp³-hybridized carbons (Fsp3) is 0.0169. The van der Waals surface area contributed by atoms with Crippen LogP contribution in [-0.2, 0) is 6.18 Å². The third kappa shape index (κ3) is 6.63. The van der Waals surface area contributed by atoms with Crippen molar-refractivity contribution < 1.29 is 13.2 Å². The molecule has 0 N–H and O–H groups in total. The Labute approximate surface area is 388 Å². The number of hydrogen-bond acceptors (Lipinski definition) is 1. The molecule has 0 atom stereocenters. The number of halogens is 3. The molecule has 0 radical (unpaired) electrons. The molecule has 9 heteroatoms. The summed E-state index contributed by atoms with van der Waals surface area (Å²) in [6.07, 6.45) is -4.64. The maximum absolute atomic E-state index is 14.0. The summed E-state index contributed by atoms with van der Waals surface area (Å²) >= 11 is 0. The number of alkyl halides is 3. The van der Waals surface area contributed by atoms with Gasteiger partial charge in [-0.1, -0.05) is 121 Å². The van der Waals surface area contributed by atoms with Gasteiger partial charge in [-0.05, 0) is 100 Å². The van der Waals surface area contributed by atoms with Crippen LogP contribution in [0, 0.1) is 31.0 Å². The van der Waals surface area contributed by atoms with Crippen molar-refractivity contribution in [3.05, 3.63) is 233 Å². The Balaban J connectivity index is 1.22. The average molecular weight is 881 g/mol. The van der Waals surface area contributed by atoms with Crippen molar-refractivity contribution in [1.29, 1.82) is 5.26 Å². The van der Waals surface area contributed by atoms with E-state index in [0.717, 1.165) is 89.2 Å². The predicted molar refractivity (Wildman–Crippen MR) is 265 cm³/mol. The quantitative estimate of drug-likeness (QED) is 0.154. The van der Waals surface area contributed by atoms with E-state index in [0.29, 0.717) is 39.3 Å². The summed E-state index contributed by atoms with van der Waals surface area (Å²) in [6, 6.07) is 60.2. The van der Waals surface area contributed by atoms with Gasteiger partial charge in [0.1, 0.15) is 0 Å². The molecule has 0 unspecified atom stereocenters. The molecule has 0 amide bonds. The molecule has 0 saturated heterocycles. The first-order valence-electron chi connectivity index (χ1n) is 21.5. The lowest BCUT2D eigenvalue weighted by Gasteiger charge is -2.20. The van der Waals surface area contributed by atoms with Crippen molar-refractivity contribution >= 4 is 60.7 Å². The van der Waals surface area contributed by atoms with Crippen LogP contribution in [0.1, 0.15) is 11.1 Å². The van der Waals surface area contributed by atoms with Crippen molar-refractivity contribution in [2.45, 2.75) is 6.18 Å². The summed E-state index contributed by atoms with van der Waals surface area (Å²) in [5.41, 5.74) is 11.0. The van der Waals surface area contributed by atoms with Crippen LogP contribution in [0.4, 0.5) is 30.2 Å². The second-order valence-electron chi connectivity index (χ2n) is 16.3. The molecule has 11 aromatic rings. The highest BCUT2D eigenvalue weighted by molar-refractivity contribution is 6.13. The first-order valence-corrected chi connectivity index (χ1v) is 21.5. The number of fused-ring (bicyclic) bond motifs is 6. The molecule has 0 aliphatic rings. The Kier molecular flexibility index (Phi) is 9.72. The first-order chi connectivity index (χ1) is 33.2. The molecule has 11 rings (SSSR count). The molecule has 318 valence electrons. The minimum Gasteiger partial charge on any atom is -0.309 e. The lowest BCUT2D eigenvalue weighted by Crippen LogP contribution is -2.04. The van der Waals surface area contributed by atoms with Gasteiger partial charge in [-0.15, -0.1) is 0 Å². The van der Waals surface area contributed by atoms with Crippen molar-refractivity contribution in [3.63, 3.8) is 0 Å². The molecular formula is C59H31F3N6. The van der Waals surface area contributed by atoms with Gasteiger partial charge in [0, 0.05) is 38.2 Å². The van der Waals surface area contributed by atoms with Crippen LogP contribution in [0.25, 0.3) is 114 Å². The molecular weight excluding hydrogens is 850 g/mol. The standard InChI is InChI=1S/C59H31F3N6/c1-64-50-16-8-4-12-41(50)37-21-27-55-47(31-37)44-14-6-10-18-53(44)67(55)56-28-23-39(43-26-24-40(59(60,61)62)34-52(43)66-3)33-49(56)46-25-20-36(35-63)30-58(46)68-54-19-11-7-15-45(54)48-32-38(22-29-57(48)68)42-13-5-9-17-51(42)65-2/h4-34H. The molecule has 0 aliphatic carbocycles. The predicted octanol–water partition coefficient (Wildman–Crippen LogP) is 17.1. The van der Waals surface area contributed by atoms with E-state index in [4.69, 9.17) is 19.7 Å². The zero-order valence-electron chi connectivity index (χ0n) is 35.7. The fourth-order valence-electron chi connectivity index (χ4n) is 9.60. The topological polar surface area (TPSA) is 46.7 Å². The van der Waals surface area contributed by atoms with Crippen molar-refractivity contribution in [2.75, 3.05) is 0 Å². The molecule has 0 fully saturated rings. The van der Waals surface area contributed by atoms with Gasteiger partial charge < -0.3 is 9.13 Å². The van der Waals surface area contributed by atoms with Crippen molar-refractivity contribution in [2.24, 2.45) is 0 Å². The largest absolute Gasteiger partial charge is 0.415 e. The number of rotatable bonds is 6. The Morgan fingerprint density at radius 3 is 1.43 bits per heavy atom. The molecule has 9 aromatic carbocycles. The summed E-state index contributed by atoms with van der Waals surface area (Å²) in [6.45, 7) is 23.7. The Morgan fingerprint density at radius 1 is 0.397 bits per heavy atom. The summed E-state index contributed by atoms with van der Waals surface area (Å²) < 4.78 is 46.3. The molecule has 0 spiro atoms. The van der Waals surface area contributed by atoms with E-state index in [1.54, 1.807) is 18.2 Å². The number of para-hydroxylation sites is 4. The fourth-order valence-corrected chi connectivity index (χ4v) is 9.60. The van der Waals surface area contributed by atoms with E-state index in [9.17, 15) is 18.4 Å². The van der Waals surface area contributed by atoms with Crippen LogP contribution >= 0.6 is 0 Å². The van der Waals surface area contributed by atoms with Gasteiger partial charge in [-0.25, -0.2) is 14.5 Å². The zero-order chi connectivity index (χ0) is 46.7. The summed E-state index contributed by atoms with van der Waals surface area (Å²) in [5, 5.41) is 14.3. The van der Waals surface area contributed by atoms with Crippen LogP contribution < -0.4 is 0 Å². The highest BCUT2D eigenvalue weighted by Gasteiger charge is 2.31. The average Bonchev–Trinajstić information content (AvgIpc) is 3.89. The molecule has 0 saturated carbocycles. The number of hydrogen-bond donors (Lipinski definition) is 0. The zero-order valence-corrected chi connectivity index (χ0v) is 35.7. The van der Waals surface area contributed by atoms with Gasteiger partial charge in [0.2, 0.25) is 0 Å². The molecule has 0 bridgehead atoms. The van der Waals surface area contributed by atoms with E-state index >= 15 is 0 Å². The number of nitrogens with zero attached hydrogens (tertiary/aromatic N) is 6. The highest BCUT2D eigenvalue weighted by atomic mass is 19.4. The third-order valence-corrected chi connectivity index (χ3v) is 12.7. The molecule has 6 nitrogen and oxygen atoms in total. The lowest BCUT2D eigenvalue weighted by molar-refractivity contribution is -0.137. The van der Waals surface area contributed by atoms with Crippen molar-refractivity contribution in [1.82, 2.24) is 9.13 Å². The molecule has 2 heterocycles. The van der Waals surface area contributed by atoms with Crippen molar-refractivity contribution in [3.8, 4) is 62.0 Å². The second kappa shape index (κ2) is 16.1. The smallest absolute Gasteiger partial charge is 0.309 e. The first kappa shape index (κ1) is 41.1. The van der Waals surface area contributed by atoms with Gasteiger partial charge in [0.15, 0.2) is 17.1 Å². The van der Waals surface area contributed by atoms with Gasteiger partial charge in [-0.3, -0.25) is 0 Å². The maximum Gasteiger partial charge on any atom is 0.415 e. The number of nitriles is 1. The Hall–Kier alpha value is -9.67. The monoisotopic (exact) mass is 880 g/mol. The lowest BCUT2D eigenvalue weighted by atomic mass is 9.93. The minimum absolute atomic E-state index is 0.138. The second-order valence-corrected chi connectivity index (χ2v) is 16.3. The Morgan fingerprint density at radius 2 is 0.868 bits per heavy atom. The van der Waals surface area contributed by atoms with Gasteiger partial charge >= 0.3 is 6.18 Å². The van der Waals surface area contributed by atoms with Crippen LogP contribution in [0.15, 0.2) is 188 Å². The summed E-state index contributed by atoms with van der Waals surface area (Å²) in [5.74, 6) is 0. The highest BCUT2D eigenvalue weighted by Crippen LogP contribution is 2.46. The normalized spacial score (nSPS) is 11.4. The van der Waals surface area contributed by atoms with Crippen LogP contribution in [-0.4, -0.2) is 9.13 Å². The third-order valence-electron chi connectivity index (χ3n) is 12.7. The summed E-state index contributed by atoms with van der Waals surface area (Å²) in [4.78, 5) is 11.2. The Bertz CT molecular complexity index is 4090. The number of benzene rings is 9. The molecule has 0 aliphatic heterocycles. The molecule has 2 aromatic heterocycles. The summed E-state index contributed by atoms with van der Waals surface area (Å²) in [7, 11) is 0. The van der Waals surface area contributed by atoms with Crippen LogP contribution in [0.3, 0.4) is 0 Å². The number of aromatic nitrogens is 2. The maximum atomic E-state index is 14.0. The van der Waals surface area contributed by atoms with Crippen LogP contribution in [0.5, 0.6) is 0 Å². The van der Waals surface area contributed by atoms with Gasteiger partial charge in [-0.2, -0.15) is 18.4 Å². The minimum atomic E-state index is -4.64. The van der Waals surface area contributed by atoms with E-state index in [-0.39, 0.29) is 5.69 Å². The molecule has 68 heavy (non-hydrogen) atoms. The van der Waals surface area contributed by atoms with Gasteiger partial charge in [0.05, 0.1) is 64.8 Å². The van der Waals surface area contributed by atoms with Gasteiger partial charge in [0.25, 0.3) is 0 Å². The van der Waals surface area contributed by atoms with E-state index in [2.05, 4.69) is 54.0 Å². The van der Waals surface area contributed by atoms with E-state index < -0.39 is 11.7 Å². The van der Waals surface area contributed by atoms with Crippen LogP contribution in [0.2, 0.25) is 0 Å². The van der Waals surface area contributed by atoms with E-state index in [1.165, 1.54) is 6.07 Å². The SMILES string of the molecule is [C-]#[N+]c1ccccc1-c1ccc2c(c1)c1ccccc1n2-c1ccc(-c2ccc(C(F)(F)F)cc2[N+]#[C-])cc1-c1ccc(C#N)cc1-n1c2ccccc2c2cc(-c3ccccc3[N+]#[C-])ccc21. The van der Waals surface area contributed by atoms with E-state index in [1.807, 2.05) is 127 Å².